The zero-order valence-corrected chi connectivity index (χ0v) is 17.7. The van der Waals surface area contributed by atoms with Crippen molar-refractivity contribution < 1.29 is 31.9 Å². The van der Waals surface area contributed by atoms with Crippen molar-refractivity contribution in [2.45, 2.75) is 63.0 Å². The summed E-state index contributed by atoms with van der Waals surface area (Å²) in [6, 6.07) is -1.08. The average Bonchev–Trinajstić information content (AvgIpc) is 3.20. The van der Waals surface area contributed by atoms with Crippen LogP contribution in [-0.2, 0) is 10.0 Å². The van der Waals surface area contributed by atoms with Crippen LogP contribution in [0.4, 0.5) is 14.7 Å². The van der Waals surface area contributed by atoms with Crippen LogP contribution in [0.1, 0.15) is 66.6 Å². The SMILES string of the molecule is [2H]C(F)(F)c1cc2cnc(NC3CCN(S(=O)(=O)C([2H])([2H])[2H])CC3)nc2n([C@@H]2CCC[C@]2(O)C([2H])([2H])[2H])c1=O. The molecule has 12 heteroatoms. The highest BCUT2D eigenvalue weighted by molar-refractivity contribution is 7.88. The number of nitrogens with zero attached hydrogens (tertiary/aromatic N) is 4. The fourth-order valence-corrected chi connectivity index (χ4v) is 5.04. The van der Waals surface area contributed by atoms with E-state index in [0.29, 0.717) is 4.57 Å². The Labute approximate surface area is 194 Å². The van der Waals surface area contributed by atoms with Gasteiger partial charge in [0.15, 0.2) is 0 Å². The van der Waals surface area contributed by atoms with Crippen LogP contribution in [0.5, 0.6) is 0 Å². The van der Waals surface area contributed by atoms with Crippen molar-refractivity contribution in [3.05, 3.63) is 28.2 Å². The number of hydrogen-bond acceptors (Lipinski definition) is 7. The van der Waals surface area contributed by atoms with Crippen molar-refractivity contribution in [2.24, 2.45) is 0 Å². The zero-order chi connectivity index (χ0) is 29.2. The molecule has 32 heavy (non-hydrogen) atoms. The fraction of sp³-hybridized carbons (Fsp3) is 0.650. The molecule has 1 aliphatic carbocycles. The highest BCUT2D eigenvalue weighted by Crippen LogP contribution is 2.39. The third-order valence-electron chi connectivity index (χ3n) is 6.00. The number of fused-ring (bicyclic) bond motifs is 1. The van der Waals surface area contributed by atoms with Crippen LogP contribution < -0.4 is 10.9 Å². The quantitative estimate of drug-likeness (QED) is 0.675. The maximum absolute atomic E-state index is 14.1. The Morgan fingerprint density at radius 3 is 2.78 bits per heavy atom. The van der Waals surface area contributed by atoms with E-state index >= 15 is 0 Å². The second-order valence-corrected chi connectivity index (χ2v) is 9.59. The van der Waals surface area contributed by atoms with Gasteiger partial charge in [-0.05, 0) is 45.0 Å². The lowest BCUT2D eigenvalue weighted by molar-refractivity contribution is 0.0261. The summed E-state index contributed by atoms with van der Waals surface area (Å²) in [4.78, 5) is 21.6. The first-order valence-corrected chi connectivity index (χ1v) is 11.5. The number of pyridine rings is 1. The van der Waals surface area contributed by atoms with Crippen LogP contribution in [0.25, 0.3) is 11.0 Å². The van der Waals surface area contributed by atoms with Crippen LogP contribution in [-0.4, -0.2) is 63.3 Å². The molecule has 176 valence electrons. The molecule has 1 saturated carbocycles. The predicted molar refractivity (Wildman–Crippen MR) is 115 cm³/mol. The lowest BCUT2D eigenvalue weighted by Gasteiger charge is -2.31. The maximum atomic E-state index is 14.1. The second kappa shape index (κ2) is 8.31. The molecule has 1 saturated heterocycles. The number of piperidine rings is 1. The summed E-state index contributed by atoms with van der Waals surface area (Å²) >= 11 is 0. The summed E-state index contributed by atoms with van der Waals surface area (Å²) in [5.74, 6) is -0.0754. The minimum absolute atomic E-state index is 0.0138. The highest BCUT2D eigenvalue weighted by atomic mass is 32.2. The van der Waals surface area contributed by atoms with Crippen LogP contribution >= 0.6 is 0 Å². The summed E-state index contributed by atoms with van der Waals surface area (Å²) < 4.78 is 106. The monoisotopic (exact) mass is 478 g/mol. The predicted octanol–water partition coefficient (Wildman–Crippen LogP) is 2.04. The third kappa shape index (κ3) is 4.35. The molecule has 3 heterocycles. The van der Waals surface area contributed by atoms with Gasteiger partial charge in [0.05, 0.1) is 23.4 Å². The number of anilines is 1. The average molecular weight is 479 g/mol. The van der Waals surface area contributed by atoms with Gasteiger partial charge in [0.1, 0.15) is 7.02 Å². The Hall–Kier alpha value is -2.18. The van der Waals surface area contributed by atoms with Gasteiger partial charge in [-0.15, -0.1) is 0 Å². The van der Waals surface area contributed by atoms with Crippen molar-refractivity contribution in [3.8, 4) is 0 Å². The molecule has 0 amide bonds. The van der Waals surface area contributed by atoms with Crippen molar-refractivity contribution in [3.63, 3.8) is 0 Å². The molecule has 2 fully saturated rings. The van der Waals surface area contributed by atoms with E-state index in [-0.39, 0.29) is 62.2 Å². The van der Waals surface area contributed by atoms with Gasteiger partial charge in [-0.2, -0.15) is 4.98 Å². The lowest BCUT2D eigenvalue weighted by atomic mass is 9.99. The van der Waals surface area contributed by atoms with Gasteiger partial charge in [-0.25, -0.2) is 26.5 Å². The summed E-state index contributed by atoms with van der Waals surface area (Å²) in [6.07, 6.45) is -6.04. The van der Waals surface area contributed by atoms with Crippen LogP contribution in [0.15, 0.2) is 17.1 Å². The number of rotatable bonds is 5. The standard InChI is InChI=1S/C20H27F2N5O4S/c1-20(29)7-3-4-15(20)27-17-12(10-14(16(21)22)18(27)28)11-23-19(25-17)24-13-5-8-26(9-6-13)32(2,30)31/h10-11,13,15-16,29H,3-9H2,1-2H3,(H,23,24,25)/t15-,20-/m1/s1/i1D3,2D3,16D. The summed E-state index contributed by atoms with van der Waals surface area (Å²) in [7, 11) is -4.49. The number of sulfonamides is 1. The molecular weight excluding hydrogens is 444 g/mol. The minimum atomic E-state index is -4.49. The minimum Gasteiger partial charge on any atom is -0.388 e. The molecule has 0 spiro atoms. The maximum Gasteiger partial charge on any atom is 0.269 e. The highest BCUT2D eigenvalue weighted by Gasteiger charge is 2.40. The van der Waals surface area contributed by atoms with Gasteiger partial charge in [0.25, 0.3) is 12.0 Å². The van der Waals surface area contributed by atoms with Crippen molar-refractivity contribution in [2.75, 3.05) is 24.6 Å². The molecule has 0 aromatic carbocycles. The van der Waals surface area contributed by atoms with E-state index in [1.807, 2.05) is 0 Å². The molecule has 1 aliphatic heterocycles. The van der Waals surface area contributed by atoms with E-state index in [4.69, 9.17) is 9.60 Å². The molecular formula is C20H27F2N5O4S. The normalized spacial score (nSPS) is 30.0. The Balaban J connectivity index is 1.72. The number of hydrogen-bond donors (Lipinski definition) is 2. The van der Waals surface area contributed by atoms with Gasteiger partial charge < -0.3 is 10.4 Å². The van der Waals surface area contributed by atoms with E-state index in [0.717, 1.165) is 16.6 Å². The molecule has 2 aromatic heterocycles. The van der Waals surface area contributed by atoms with E-state index in [2.05, 4.69) is 15.3 Å². The Kier molecular flexibility index (Phi) is 4.05. The van der Waals surface area contributed by atoms with Crippen molar-refractivity contribution >= 4 is 27.0 Å². The molecule has 0 bridgehead atoms. The molecule has 2 atom stereocenters. The summed E-state index contributed by atoms with van der Waals surface area (Å²) in [5, 5.41) is 14.0. The van der Waals surface area contributed by atoms with Gasteiger partial charge in [-0.1, -0.05) is 0 Å². The number of alkyl halides is 2. The van der Waals surface area contributed by atoms with E-state index in [9.17, 15) is 27.1 Å². The molecule has 2 N–H and O–H groups in total. The van der Waals surface area contributed by atoms with Gasteiger partial charge in [0.2, 0.25) is 16.0 Å². The number of nitrogens with one attached hydrogen (secondary N) is 1. The molecule has 4 rings (SSSR count). The Morgan fingerprint density at radius 1 is 1.38 bits per heavy atom. The van der Waals surface area contributed by atoms with E-state index in [1.165, 1.54) is 0 Å². The van der Waals surface area contributed by atoms with Gasteiger partial charge in [-0.3, -0.25) is 9.36 Å². The number of halogens is 2. The number of aliphatic hydroxyl groups is 1. The van der Waals surface area contributed by atoms with Crippen molar-refractivity contribution in [1.82, 2.24) is 18.8 Å². The van der Waals surface area contributed by atoms with Crippen LogP contribution in [0.3, 0.4) is 0 Å². The van der Waals surface area contributed by atoms with E-state index in [1.54, 1.807) is 0 Å². The zero-order valence-electron chi connectivity index (χ0n) is 23.9. The molecule has 0 radical (unpaired) electrons. The van der Waals surface area contributed by atoms with Crippen molar-refractivity contribution in [1.29, 1.82) is 0 Å². The van der Waals surface area contributed by atoms with Gasteiger partial charge in [0, 0.05) is 38.9 Å². The first-order chi connectivity index (χ1) is 17.8. The first kappa shape index (κ1) is 15.6. The lowest BCUT2D eigenvalue weighted by Crippen LogP contribution is -2.42. The molecule has 0 unspecified atom stereocenters. The summed E-state index contributed by atoms with van der Waals surface area (Å²) in [5.41, 5.74) is -5.20. The van der Waals surface area contributed by atoms with Crippen LogP contribution in [0, 0.1) is 0 Å². The number of aromatic nitrogens is 3. The Morgan fingerprint density at radius 2 is 2.12 bits per heavy atom. The Bertz CT molecular complexity index is 1420. The third-order valence-corrected chi connectivity index (χ3v) is 7.05. The summed E-state index contributed by atoms with van der Waals surface area (Å²) in [6.45, 7) is -3.13. The first-order valence-electron chi connectivity index (χ1n) is 13.6. The largest absolute Gasteiger partial charge is 0.388 e. The topological polar surface area (TPSA) is 117 Å². The van der Waals surface area contributed by atoms with E-state index < -0.39 is 58.3 Å². The molecule has 9 nitrogen and oxygen atoms in total. The fourth-order valence-electron chi connectivity index (χ4n) is 4.35. The van der Waals surface area contributed by atoms with Gasteiger partial charge >= 0.3 is 0 Å². The smallest absolute Gasteiger partial charge is 0.269 e. The van der Waals surface area contributed by atoms with Crippen LogP contribution in [0.2, 0.25) is 0 Å². The molecule has 2 aromatic rings. The second-order valence-electron chi connectivity index (χ2n) is 8.12. The molecule has 2 aliphatic rings.